The summed E-state index contributed by atoms with van der Waals surface area (Å²) in [6.45, 7) is 5.16. The van der Waals surface area contributed by atoms with E-state index < -0.39 is 52.9 Å². The lowest BCUT2D eigenvalue weighted by molar-refractivity contribution is -0.157. The van der Waals surface area contributed by atoms with E-state index in [0.29, 0.717) is 70.2 Å². The van der Waals surface area contributed by atoms with E-state index in [1.54, 1.807) is 12.1 Å². The number of alkyl halides is 1. The monoisotopic (exact) mass is 860 g/mol. The number of aryl methyl sites for hydroxylation is 1. The van der Waals surface area contributed by atoms with Gasteiger partial charge in [0.1, 0.15) is 18.4 Å². The molecule has 3 aromatic rings. The summed E-state index contributed by atoms with van der Waals surface area (Å²) in [6, 6.07) is 5.24. The summed E-state index contributed by atoms with van der Waals surface area (Å²) in [4.78, 5) is 44.9. The molecule has 15 nitrogen and oxygen atoms in total. The van der Waals surface area contributed by atoms with Crippen LogP contribution < -0.4 is 33.7 Å². The zero-order valence-electron chi connectivity index (χ0n) is 34.0. The fourth-order valence-corrected chi connectivity index (χ4v) is 12.3. The molecule has 0 aliphatic carbocycles. The van der Waals surface area contributed by atoms with E-state index in [1.807, 2.05) is 27.0 Å². The van der Waals surface area contributed by atoms with E-state index >= 15 is 0 Å². The summed E-state index contributed by atoms with van der Waals surface area (Å²) in [5.74, 6) is 0.646. The number of carbonyl (C=O) groups is 3. The lowest BCUT2D eigenvalue weighted by atomic mass is 9.71. The number of hydrogen-bond acceptors (Lipinski definition) is 16. The fourth-order valence-electron chi connectivity index (χ4n) is 10.5. The molecule has 0 radical (unpaired) electrons. The summed E-state index contributed by atoms with van der Waals surface area (Å²) in [6.07, 6.45) is 0.989. The first-order valence-corrected chi connectivity index (χ1v) is 21.4. The Balaban J connectivity index is 1.29. The number of benzene rings is 3. The Morgan fingerprint density at radius 1 is 1.05 bits per heavy atom. The maximum atomic E-state index is 15.0. The summed E-state index contributed by atoms with van der Waals surface area (Å²) >= 11 is 7.28. The number of thioether (sulfide) groups is 1. The number of halogens is 1. The van der Waals surface area contributed by atoms with Crippen LogP contribution in [0.25, 0.3) is 0 Å². The summed E-state index contributed by atoms with van der Waals surface area (Å²) < 4.78 is 42.1. The highest BCUT2D eigenvalue weighted by Gasteiger charge is 2.62. The number of rotatable bonds is 6. The molecule has 7 heterocycles. The molecule has 0 amide bonds. The number of phenolic OH excluding ortho intramolecular Hbond substituents is 1. The van der Waals surface area contributed by atoms with Gasteiger partial charge >= 0.3 is 17.9 Å². The lowest BCUT2D eigenvalue weighted by Crippen LogP contribution is -2.69. The molecule has 1 spiro atoms. The molecule has 7 aliphatic heterocycles. The number of ether oxygens (including phenoxy) is 7. The number of piperazine rings is 1. The first-order chi connectivity index (χ1) is 28.9. The Morgan fingerprint density at radius 2 is 1.83 bits per heavy atom. The standard InChI is InChI=1S/C43H45ClN4O11S/c1-19-11-23-12-25-26(15-45)48-27-16-55-42(52)43(24-14-28(53-5)29(59-30(50)7-9-44)13-22(24)8-10-46-43)17-60-41(35(48)34(47(25)4)31(23)36(51)37(19)54-6)33-32(27)40-39(56-18-57-40)20(2)38(33)58-21(3)49/h11,13-14,25-27,34-35,41,46,51H,7-10,12,16-18H2,1-6H3/t25-,26+,27-,34+,35?,41-,43-/m1/s1. The van der Waals surface area contributed by atoms with Crippen LogP contribution in [-0.2, 0) is 37.5 Å². The van der Waals surface area contributed by atoms with Gasteiger partial charge in [0.15, 0.2) is 40.0 Å². The molecule has 2 N–H and O–H groups in total. The van der Waals surface area contributed by atoms with Gasteiger partial charge in [-0.2, -0.15) is 5.26 Å². The summed E-state index contributed by atoms with van der Waals surface area (Å²) in [5.41, 5.74) is 4.19. The molecule has 2 saturated heterocycles. The Kier molecular flexibility index (Phi) is 10.3. The Morgan fingerprint density at radius 3 is 2.55 bits per heavy atom. The maximum absolute atomic E-state index is 15.0. The van der Waals surface area contributed by atoms with Crippen LogP contribution in [0.3, 0.4) is 0 Å². The molecule has 1 unspecified atom stereocenters. The molecule has 2 fully saturated rings. The van der Waals surface area contributed by atoms with Crippen molar-refractivity contribution in [2.24, 2.45) is 0 Å². The highest BCUT2D eigenvalue weighted by atomic mass is 35.5. The van der Waals surface area contributed by atoms with Crippen molar-refractivity contribution < 1.29 is 52.6 Å². The van der Waals surface area contributed by atoms with Crippen LogP contribution in [0.2, 0.25) is 0 Å². The third kappa shape index (κ3) is 5.91. The number of nitrogens with one attached hydrogen (secondary N) is 1. The van der Waals surface area contributed by atoms with Gasteiger partial charge in [0, 0.05) is 59.4 Å². The fraction of sp³-hybridized carbons (Fsp3) is 0.488. The summed E-state index contributed by atoms with van der Waals surface area (Å²) in [5, 5.41) is 26.2. The van der Waals surface area contributed by atoms with E-state index in [2.05, 4.69) is 21.2 Å². The molecule has 17 heteroatoms. The van der Waals surface area contributed by atoms with Gasteiger partial charge < -0.3 is 38.3 Å². The highest BCUT2D eigenvalue weighted by Crippen LogP contribution is 2.64. The predicted molar refractivity (Wildman–Crippen MR) is 217 cm³/mol. The molecule has 10 rings (SSSR count). The largest absolute Gasteiger partial charge is 0.504 e. The molecule has 3 aromatic carbocycles. The lowest BCUT2D eigenvalue weighted by Gasteiger charge is -2.62. The van der Waals surface area contributed by atoms with Gasteiger partial charge in [-0.05, 0) is 68.1 Å². The van der Waals surface area contributed by atoms with Crippen LogP contribution >= 0.6 is 23.4 Å². The van der Waals surface area contributed by atoms with E-state index in [1.165, 1.54) is 32.9 Å². The number of carbonyl (C=O) groups excluding carboxylic acids is 3. The van der Waals surface area contributed by atoms with Crippen LogP contribution in [-0.4, -0.2) is 104 Å². The van der Waals surface area contributed by atoms with Crippen molar-refractivity contribution in [3.63, 3.8) is 0 Å². The predicted octanol–water partition coefficient (Wildman–Crippen LogP) is 4.82. The third-order valence-electron chi connectivity index (χ3n) is 12.9. The van der Waals surface area contributed by atoms with Crippen LogP contribution in [0.5, 0.6) is 40.2 Å². The Labute approximate surface area is 356 Å². The smallest absolute Gasteiger partial charge is 0.331 e. The van der Waals surface area contributed by atoms with Gasteiger partial charge in [0.05, 0.1) is 44.0 Å². The summed E-state index contributed by atoms with van der Waals surface area (Å²) in [7, 11) is 4.97. The average molecular weight is 861 g/mol. The van der Waals surface area contributed by atoms with Crippen LogP contribution in [0.15, 0.2) is 18.2 Å². The van der Waals surface area contributed by atoms with Crippen LogP contribution in [0.4, 0.5) is 0 Å². The number of aromatic hydroxyl groups is 1. The molecular formula is C43H45ClN4O11S. The SMILES string of the molecule is COc1cc2c(cc1OC(=O)CCCl)CCN[C@]21CS[C@@H]2c3c(OC(C)=O)c(C)c4c(c3[C@@H](COC1=O)N1C2[C@@H]2c3c(cc(C)c(OC)c3O)C[C@H]([C@@H]1C#N)N2C)OCO4. The van der Waals surface area contributed by atoms with Gasteiger partial charge in [-0.1, -0.05) is 6.07 Å². The second kappa shape index (κ2) is 15.2. The van der Waals surface area contributed by atoms with Gasteiger partial charge in [0.25, 0.3) is 0 Å². The second-order valence-corrected chi connectivity index (χ2v) is 17.5. The van der Waals surface area contributed by atoms with Gasteiger partial charge in [-0.3, -0.25) is 24.7 Å². The number of esters is 3. The maximum Gasteiger partial charge on any atom is 0.331 e. The average Bonchev–Trinajstić information content (AvgIpc) is 3.71. The Hall–Kier alpha value is -4.92. The number of nitriles is 1. The number of likely N-dealkylation sites (N-methyl/N-ethyl adjacent to an activating group) is 1. The molecule has 60 heavy (non-hydrogen) atoms. The van der Waals surface area contributed by atoms with Crippen LogP contribution in [0.1, 0.15) is 75.2 Å². The van der Waals surface area contributed by atoms with Crippen LogP contribution in [0, 0.1) is 25.2 Å². The van der Waals surface area contributed by atoms with E-state index in [4.69, 9.17) is 44.8 Å². The van der Waals surface area contributed by atoms with Crippen molar-refractivity contribution in [1.82, 2.24) is 15.1 Å². The third-order valence-corrected chi connectivity index (χ3v) is 14.6. The van der Waals surface area contributed by atoms with E-state index in [0.717, 1.165) is 16.7 Å². The first kappa shape index (κ1) is 40.5. The topological polar surface area (TPSA) is 178 Å². The number of phenols is 1. The van der Waals surface area contributed by atoms with Crippen molar-refractivity contribution in [2.75, 3.05) is 52.8 Å². The second-order valence-electron chi connectivity index (χ2n) is 16.0. The highest BCUT2D eigenvalue weighted by molar-refractivity contribution is 7.99. The first-order valence-electron chi connectivity index (χ1n) is 19.8. The molecule has 7 aliphatic rings. The van der Waals surface area contributed by atoms with Crippen molar-refractivity contribution in [3.05, 3.63) is 62.7 Å². The quantitative estimate of drug-likeness (QED) is 0.196. The molecular weight excluding hydrogens is 816 g/mol. The van der Waals surface area contributed by atoms with Gasteiger partial charge in [-0.15, -0.1) is 23.4 Å². The Bertz CT molecular complexity index is 2390. The van der Waals surface area contributed by atoms with Crippen molar-refractivity contribution >= 4 is 41.3 Å². The number of methoxy groups -OCH3 is 2. The minimum absolute atomic E-state index is 0.00582. The number of nitrogens with zero attached hydrogens (tertiary/aromatic N) is 3. The zero-order valence-corrected chi connectivity index (χ0v) is 35.6. The zero-order chi connectivity index (χ0) is 42.4. The minimum atomic E-state index is -1.43. The van der Waals surface area contributed by atoms with Gasteiger partial charge in [0.2, 0.25) is 6.79 Å². The van der Waals surface area contributed by atoms with E-state index in [-0.39, 0.29) is 54.7 Å². The molecule has 0 saturated carbocycles. The number of fused-ring (bicyclic) bond motifs is 9. The normalized spacial score (nSPS) is 27.4. The van der Waals surface area contributed by atoms with Crippen molar-refractivity contribution in [3.8, 4) is 46.3 Å². The number of hydrogen-bond donors (Lipinski definition) is 2. The van der Waals surface area contributed by atoms with Crippen molar-refractivity contribution in [2.45, 2.75) is 81.0 Å². The molecule has 316 valence electrons. The van der Waals surface area contributed by atoms with Crippen molar-refractivity contribution in [1.29, 1.82) is 5.26 Å². The molecule has 0 aromatic heterocycles. The minimum Gasteiger partial charge on any atom is -0.504 e. The molecule has 4 bridgehead atoms. The molecule has 7 atom stereocenters. The van der Waals surface area contributed by atoms with E-state index in [9.17, 15) is 24.8 Å². The van der Waals surface area contributed by atoms with Gasteiger partial charge in [-0.25, -0.2) is 4.79 Å².